The number of nitrogens with zero attached hydrogens (tertiary/aromatic N) is 2. The Balaban J connectivity index is 2.49. The molecule has 0 amide bonds. The zero-order valence-electron chi connectivity index (χ0n) is 11.7. The van der Waals surface area contributed by atoms with E-state index >= 15 is 0 Å². The summed E-state index contributed by atoms with van der Waals surface area (Å²) in [6.07, 6.45) is 0. The molecule has 2 N–H and O–H groups in total. The van der Waals surface area contributed by atoms with E-state index in [-0.39, 0.29) is 10.6 Å². The molecule has 0 saturated carbocycles. The van der Waals surface area contributed by atoms with Gasteiger partial charge in [0.05, 0.1) is 26.9 Å². The molecule has 1 heterocycles. The zero-order valence-corrected chi connectivity index (χ0v) is 12.5. The standard InChI is InChI=1S/C12H14N4O4S/c1-7-4-5-10(16(17)18)6-11(7)21(19,20)15-12-8(2)13-14-9(12)3/h4-6,15H,1-3H3,(H,13,14). The average Bonchev–Trinajstić information content (AvgIpc) is 2.70. The molecular formula is C12H14N4O4S. The number of hydrogen-bond donors (Lipinski definition) is 2. The Morgan fingerprint density at radius 2 is 1.95 bits per heavy atom. The van der Waals surface area contributed by atoms with Crippen molar-refractivity contribution in [3.05, 3.63) is 45.3 Å². The topological polar surface area (TPSA) is 118 Å². The molecule has 8 nitrogen and oxygen atoms in total. The molecule has 1 aromatic carbocycles. The molecule has 0 unspecified atom stereocenters. The van der Waals surface area contributed by atoms with E-state index in [2.05, 4.69) is 14.9 Å². The van der Waals surface area contributed by atoms with Gasteiger partial charge in [0, 0.05) is 12.1 Å². The largest absolute Gasteiger partial charge is 0.280 e. The first-order chi connectivity index (χ1) is 9.72. The van der Waals surface area contributed by atoms with Gasteiger partial charge >= 0.3 is 0 Å². The maximum absolute atomic E-state index is 12.4. The van der Waals surface area contributed by atoms with Crippen LogP contribution in [0.15, 0.2) is 23.1 Å². The quantitative estimate of drug-likeness (QED) is 0.661. The SMILES string of the molecule is Cc1ccc([N+](=O)[O-])cc1S(=O)(=O)Nc1c(C)n[nH]c1C. The third-order valence-corrected chi connectivity index (χ3v) is 4.53. The lowest BCUT2D eigenvalue weighted by atomic mass is 10.2. The van der Waals surface area contributed by atoms with Crippen LogP contribution in [0.1, 0.15) is 17.0 Å². The molecule has 0 atom stereocenters. The normalized spacial score (nSPS) is 11.4. The highest BCUT2D eigenvalue weighted by atomic mass is 32.2. The third kappa shape index (κ3) is 2.87. The molecular weight excluding hydrogens is 296 g/mol. The van der Waals surface area contributed by atoms with Crippen LogP contribution < -0.4 is 4.72 Å². The summed E-state index contributed by atoms with van der Waals surface area (Å²) < 4.78 is 27.3. The minimum atomic E-state index is -3.93. The fourth-order valence-corrected chi connectivity index (χ4v) is 3.33. The van der Waals surface area contributed by atoms with E-state index in [4.69, 9.17) is 0 Å². The summed E-state index contributed by atoms with van der Waals surface area (Å²) >= 11 is 0. The number of nitro groups is 1. The molecule has 0 radical (unpaired) electrons. The number of rotatable bonds is 4. The fraction of sp³-hybridized carbons (Fsp3) is 0.250. The molecule has 0 saturated heterocycles. The Hall–Kier alpha value is -2.42. The fourth-order valence-electron chi connectivity index (χ4n) is 1.88. The number of nitro benzene ring substituents is 1. The number of nitrogens with one attached hydrogen (secondary N) is 2. The molecule has 2 rings (SSSR count). The van der Waals surface area contributed by atoms with Crippen molar-refractivity contribution >= 4 is 21.4 Å². The van der Waals surface area contributed by atoms with Crippen LogP contribution >= 0.6 is 0 Å². The number of aryl methyl sites for hydroxylation is 3. The first kappa shape index (κ1) is 15.0. The highest BCUT2D eigenvalue weighted by molar-refractivity contribution is 7.92. The maximum atomic E-state index is 12.4. The summed E-state index contributed by atoms with van der Waals surface area (Å²) in [5.74, 6) is 0. The van der Waals surface area contributed by atoms with Crippen molar-refractivity contribution in [1.82, 2.24) is 10.2 Å². The van der Waals surface area contributed by atoms with E-state index in [1.165, 1.54) is 12.1 Å². The van der Waals surface area contributed by atoms with E-state index in [1.807, 2.05) is 0 Å². The lowest BCUT2D eigenvalue weighted by molar-refractivity contribution is -0.385. The second kappa shape index (κ2) is 5.17. The molecule has 2 aromatic rings. The highest BCUT2D eigenvalue weighted by Crippen LogP contribution is 2.26. The van der Waals surface area contributed by atoms with Crippen molar-refractivity contribution in [3.63, 3.8) is 0 Å². The summed E-state index contributed by atoms with van der Waals surface area (Å²) in [6.45, 7) is 4.91. The second-order valence-electron chi connectivity index (χ2n) is 4.62. The van der Waals surface area contributed by atoms with Crippen LogP contribution in [0.3, 0.4) is 0 Å². The number of aromatic nitrogens is 2. The van der Waals surface area contributed by atoms with Gasteiger partial charge in [-0.15, -0.1) is 0 Å². The molecule has 1 aromatic heterocycles. The molecule has 112 valence electrons. The number of non-ortho nitro benzene ring substituents is 1. The summed E-state index contributed by atoms with van der Waals surface area (Å²) in [7, 11) is -3.93. The number of aromatic amines is 1. The first-order valence-electron chi connectivity index (χ1n) is 6.02. The van der Waals surface area contributed by atoms with Crippen molar-refractivity contribution in [2.75, 3.05) is 4.72 Å². The Morgan fingerprint density at radius 3 is 2.48 bits per heavy atom. The lowest BCUT2D eigenvalue weighted by Gasteiger charge is -2.10. The van der Waals surface area contributed by atoms with Gasteiger partial charge in [-0.1, -0.05) is 6.07 Å². The van der Waals surface area contributed by atoms with E-state index < -0.39 is 14.9 Å². The number of sulfonamides is 1. The summed E-state index contributed by atoms with van der Waals surface area (Å²) in [5.41, 5.74) is 1.56. The predicted octanol–water partition coefficient (Wildman–Crippen LogP) is 2.04. The molecule has 0 aliphatic heterocycles. The van der Waals surface area contributed by atoms with Gasteiger partial charge in [0.25, 0.3) is 15.7 Å². The van der Waals surface area contributed by atoms with E-state index in [9.17, 15) is 18.5 Å². The molecule has 9 heteroatoms. The Bertz CT molecular complexity index is 791. The monoisotopic (exact) mass is 310 g/mol. The van der Waals surface area contributed by atoms with Crippen molar-refractivity contribution in [2.45, 2.75) is 25.7 Å². The van der Waals surface area contributed by atoms with Gasteiger partial charge in [0.2, 0.25) is 0 Å². The van der Waals surface area contributed by atoms with Gasteiger partial charge in [0.1, 0.15) is 0 Å². The third-order valence-electron chi connectivity index (χ3n) is 3.04. The Labute approximate surface area is 121 Å². The minimum Gasteiger partial charge on any atom is -0.280 e. The second-order valence-corrected chi connectivity index (χ2v) is 6.27. The number of H-pyrrole nitrogens is 1. The first-order valence-corrected chi connectivity index (χ1v) is 7.50. The maximum Gasteiger partial charge on any atom is 0.270 e. The molecule has 0 aliphatic carbocycles. The van der Waals surface area contributed by atoms with Crippen LogP contribution in [0.4, 0.5) is 11.4 Å². The Morgan fingerprint density at radius 1 is 1.29 bits per heavy atom. The summed E-state index contributed by atoms with van der Waals surface area (Å²) in [4.78, 5) is 10.0. The molecule has 21 heavy (non-hydrogen) atoms. The van der Waals surface area contributed by atoms with Gasteiger partial charge in [-0.25, -0.2) is 8.42 Å². The molecule has 0 bridgehead atoms. The number of benzene rings is 1. The van der Waals surface area contributed by atoms with Gasteiger partial charge in [0.15, 0.2) is 0 Å². The van der Waals surface area contributed by atoms with Crippen LogP contribution in [0.2, 0.25) is 0 Å². The zero-order chi connectivity index (χ0) is 15.8. The van der Waals surface area contributed by atoms with E-state index in [0.29, 0.717) is 22.6 Å². The summed E-state index contributed by atoms with van der Waals surface area (Å²) in [6, 6.07) is 3.72. The average molecular weight is 310 g/mol. The predicted molar refractivity (Wildman–Crippen MR) is 76.7 cm³/mol. The molecule has 0 spiro atoms. The number of hydrogen-bond acceptors (Lipinski definition) is 5. The molecule has 0 fully saturated rings. The number of anilines is 1. The van der Waals surface area contributed by atoms with Gasteiger partial charge < -0.3 is 0 Å². The lowest BCUT2D eigenvalue weighted by Crippen LogP contribution is -2.15. The van der Waals surface area contributed by atoms with Crippen LogP contribution in [0.5, 0.6) is 0 Å². The summed E-state index contributed by atoms with van der Waals surface area (Å²) in [5, 5.41) is 17.4. The van der Waals surface area contributed by atoms with Crippen LogP contribution in [0, 0.1) is 30.9 Å². The minimum absolute atomic E-state index is 0.128. The van der Waals surface area contributed by atoms with Gasteiger partial charge in [-0.2, -0.15) is 5.10 Å². The van der Waals surface area contributed by atoms with Crippen LogP contribution in [-0.2, 0) is 10.0 Å². The van der Waals surface area contributed by atoms with E-state index in [0.717, 1.165) is 6.07 Å². The van der Waals surface area contributed by atoms with Crippen molar-refractivity contribution < 1.29 is 13.3 Å². The van der Waals surface area contributed by atoms with Crippen molar-refractivity contribution in [3.8, 4) is 0 Å². The van der Waals surface area contributed by atoms with Crippen LogP contribution in [-0.4, -0.2) is 23.5 Å². The Kier molecular flexibility index (Phi) is 3.69. The van der Waals surface area contributed by atoms with Crippen molar-refractivity contribution in [2.24, 2.45) is 0 Å². The van der Waals surface area contributed by atoms with Crippen LogP contribution in [0.25, 0.3) is 0 Å². The smallest absolute Gasteiger partial charge is 0.270 e. The van der Waals surface area contributed by atoms with E-state index in [1.54, 1.807) is 20.8 Å². The highest BCUT2D eigenvalue weighted by Gasteiger charge is 2.22. The molecule has 0 aliphatic rings. The van der Waals surface area contributed by atoms with Crippen molar-refractivity contribution in [1.29, 1.82) is 0 Å². The van der Waals surface area contributed by atoms with Gasteiger partial charge in [-0.3, -0.25) is 19.9 Å². The van der Waals surface area contributed by atoms with Gasteiger partial charge in [-0.05, 0) is 26.3 Å².